The van der Waals surface area contributed by atoms with Crippen molar-refractivity contribution >= 4 is 6.09 Å². The molecule has 0 saturated carbocycles. The fourth-order valence-corrected chi connectivity index (χ4v) is 3.19. The molecule has 1 amide bonds. The van der Waals surface area contributed by atoms with Crippen LogP contribution in [-0.2, 0) is 4.74 Å². The summed E-state index contributed by atoms with van der Waals surface area (Å²) in [6, 6.07) is 8.09. The molecule has 7 nitrogen and oxygen atoms in total. The largest absolute Gasteiger partial charge is 0.450 e. The number of amides is 1. The summed E-state index contributed by atoms with van der Waals surface area (Å²) in [6.45, 7) is 7.95. The topological polar surface area (TPSA) is 80.5 Å². The highest BCUT2D eigenvalue weighted by Crippen LogP contribution is 2.26. The molecule has 2 atom stereocenters. The molecule has 0 bridgehead atoms. The van der Waals surface area contributed by atoms with E-state index in [0.717, 1.165) is 31.5 Å². The number of ether oxygens (including phenoxy) is 1. The van der Waals surface area contributed by atoms with Crippen molar-refractivity contribution in [2.24, 2.45) is 0 Å². The fourth-order valence-electron chi connectivity index (χ4n) is 3.19. The number of alkyl carbamates (subject to hydrolysis) is 1. The normalized spacial score (nSPS) is 19.1. The van der Waals surface area contributed by atoms with Crippen LogP contribution in [0.25, 0.3) is 11.5 Å². The third kappa shape index (κ3) is 4.40. The van der Waals surface area contributed by atoms with Crippen LogP contribution in [0.5, 0.6) is 0 Å². The summed E-state index contributed by atoms with van der Waals surface area (Å²) in [5, 5.41) is 11.3. The zero-order valence-corrected chi connectivity index (χ0v) is 15.6. The second-order valence-electron chi connectivity index (χ2n) is 6.69. The van der Waals surface area contributed by atoms with Crippen LogP contribution in [0.3, 0.4) is 0 Å². The van der Waals surface area contributed by atoms with Crippen LogP contribution in [0.15, 0.2) is 28.7 Å². The van der Waals surface area contributed by atoms with Crippen molar-refractivity contribution < 1.29 is 13.9 Å². The van der Waals surface area contributed by atoms with E-state index in [1.807, 2.05) is 31.2 Å². The van der Waals surface area contributed by atoms with Gasteiger partial charge in [0, 0.05) is 18.2 Å². The van der Waals surface area contributed by atoms with Crippen molar-refractivity contribution in [3.63, 3.8) is 0 Å². The van der Waals surface area contributed by atoms with E-state index < -0.39 is 0 Å². The molecule has 2 heterocycles. The van der Waals surface area contributed by atoms with Gasteiger partial charge in [-0.2, -0.15) is 0 Å². The molecule has 0 radical (unpaired) electrons. The Balaban J connectivity index is 1.64. The molecule has 0 aliphatic carbocycles. The number of rotatable bonds is 5. The van der Waals surface area contributed by atoms with E-state index in [4.69, 9.17) is 9.15 Å². The number of hydrogen-bond acceptors (Lipinski definition) is 6. The van der Waals surface area contributed by atoms with Gasteiger partial charge in [-0.1, -0.05) is 17.7 Å². The summed E-state index contributed by atoms with van der Waals surface area (Å²) >= 11 is 0. The van der Waals surface area contributed by atoms with Gasteiger partial charge in [-0.25, -0.2) is 4.79 Å². The van der Waals surface area contributed by atoms with Gasteiger partial charge in [0.15, 0.2) is 0 Å². The fraction of sp³-hybridized carbons (Fsp3) is 0.526. The highest BCUT2D eigenvalue weighted by Gasteiger charge is 2.28. The number of benzene rings is 1. The van der Waals surface area contributed by atoms with E-state index in [2.05, 4.69) is 27.3 Å². The number of piperidine rings is 1. The van der Waals surface area contributed by atoms with E-state index in [1.165, 1.54) is 5.56 Å². The molecular weight excluding hydrogens is 332 g/mol. The molecule has 0 spiro atoms. The summed E-state index contributed by atoms with van der Waals surface area (Å²) in [6.07, 6.45) is 1.59. The van der Waals surface area contributed by atoms with Gasteiger partial charge < -0.3 is 14.5 Å². The zero-order chi connectivity index (χ0) is 18.5. The Labute approximate surface area is 153 Å². The van der Waals surface area contributed by atoms with Gasteiger partial charge in [0.2, 0.25) is 11.8 Å². The van der Waals surface area contributed by atoms with E-state index in [0.29, 0.717) is 18.4 Å². The lowest BCUT2D eigenvalue weighted by molar-refractivity contribution is 0.113. The SMILES string of the molecule is CCOC(=O)NC1CCCN(C(C)c2nnc(-c3ccc(C)cc3)o2)C1. The minimum Gasteiger partial charge on any atom is -0.450 e. The molecule has 1 saturated heterocycles. The molecule has 2 unspecified atom stereocenters. The van der Waals surface area contributed by atoms with E-state index in [9.17, 15) is 4.79 Å². The summed E-state index contributed by atoms with van der Waals surface area (Å²) in [5.74, 6) is 1.13. The molecule has 26 heavy (non-hydrogen) atoms. The quantitative estimate of drug-likeness (QED) is 0.883. The van der Waals surface area contributed by atoms with Crippen LogP contribution in [-0.4, -0.2) is 46.9 Å². The second-order valence-corrected chi connectivity index (χ2v) is 6.69. The number of hydrogen-bond donors (Lipinski definition) is 1. The lowest BCUT2D eigenvalue weighted by Crippen LogP contribution is -2.48. The summed E-state index contributed by atoms with van der Waals surface area (Å²) in [5.41, 5.74) is 2.11. The first kappa shape index (κ1) is 18.4. The maximum absolute atomic E-state index is 11.6. The van der Waals surface area contributed by atoms with Gasteiger partial charge in [-0.3, -0.25) is 4.90 Å². The lowest BCUT2D eigenvalue weighted by atomic mass is 10.0. The van der Waals surface area contributed by atoms with Crippen molar-refractivity contribution in [2.45, 2.75) is 45.7 Å². The minimum atomic E-state index is -0.355. The zero-order valence-electron chi connectivity index (χ0n) is 15.6. The molecule has 2 aromatic rings. The van der Waals surface area contributed by atoms with Crippen LogP contribution >= 0.6 is 0 Å². The smallest absolute Gasteiger partial charge is 0.407 e. The van der Waals surface area contributed by atoms with Gasteiger partial charge in [-0.15, -0.1) is 10.2 Å². The highest BCUT2D eigenvalue weighted by molar-refractivity contribution is 5.67. The van der Waals surface area contributed by atoms with Crippen molar-refractivity contribution in [2.75, 3.05) is 19.7 Å². The molecule has 3 rings (SSSR count). The molecule has 140 valence electrons. The van der Waals surface area contributed by atoms with Crippen molar-refractivity contribution in [3.8, 4) is 11.5 Å². The number of carbonyl (C=O) groups is 1. The minimum absolute atomic E-state index is 0.00602. The van der Waals surface area contributed by atoms with Crippen LogP contribution in [0, 0.1) is 6.92 Å². The first-order valence-corrected chi connectivity index (χ1v) is 9.14. The number of aryl methyl sites for hydroxylation is 1. The van der Waals surface area contributed by atoms with Crippen molar-refractivity contribution in [1.29, 1.82) is 0 Å². The maximum Gasteiger partial charge on any atom is 0.407 e. The number of likely N-dealkylation sites (tertiary alicyclic amines) is 1. The Morgan fingerprint density at radius 3 is 2.88 bits per heavy atom. The van der Waals surface area contributed by atoms with Crippen LogP contribution in [0.1, 0.15) is 44.2 Å². The van der Waals surface area contributed by atoms with Crippen LogP contribution in [0.4, 0.5) is 4.79 Å². The summed E-state index contributed by atoms with van der Waals surface area (Å²) in [4.78, 5) is 13.9. The van der Waals surface area contributed by atoms with Gasteiger partial charge in [-0.05, 0) is 52.3 Å². The van der Waals surface area contributed by atoms with Crippen molar-refractivity contribution in [3.05, 3.63) is 35.7 Å². The molecular formula is C19H26N4O3. The average molecular weight is 358 g/mol. The van der Waals surface area contributed by atoms with Gasteiger partial charge in [0.25, 0.3) is 0 Å². The highest BCUT2D eigenvalue weighted by atomic mass is 16.5. The molecule has 1 aliphatic rings. The van der Waals surface area contributed by atoms with Gasteiger partial charge in [0.1, 0.15) is 0 Å². The van der Waals surface area contributed by atoms with Crippen LogP contribution < -0.4 is 5.32 Å². The Hall–Kier alpha value is -2.41. The Bertz CT molecular complexity index is 729. The average Bonchev–Trinajstić information content (AvgIpc) is 3.12. The van der Waals surface area contributed by atoms with Crippen LogP contribution in [0.2, 0.25) is 0 Å². The third-order valence-electron chi connectivity index (χ3n) is 4.69. The maximum atomic E-state index is 11.6. The number of aromatic nitrogens is 2. The second kappa shape index (κ2) is 8.31. The van der Waals surface area contributed by atoms with Gasteiger partial charge in [0.05, 0.1) is 12.6 Å². The standard InChI is InChI=1S/C19H26N4O3/c1-4-25-19(24)20-16-6-5-11-23(12-16)14(3)17-21-22-18(26-17)15-9-7-13(2)8-10-15/h7-10,14,16H,4-6,11-12H2,1-3H3,(H,20,24). The molecule has 1 aromatic carbocycles. The van der Waals surface area contributed by atoms with Crippen molar-refractivity contribution in [1.82, 2.24) is 20.4 Å². The van der Waals surface area contributed by atoms with E-state index >= 15 is 0 Å². The molecule has 1 aromatic heterocycles. The van der Waals surface area contributed by atoms with Gasteiger partial charge >= 0.3 is 6.09 Å². The number of nitrogens with zero attached hydrogens (tertiary/aromatic N) is 3. The predicted octanol–water partition coefficient (Wildman–Crippen LogP) is 3.32. The first-order valence-electron chi connectivity index (χ1n) is 9.14. The molecule has 1 N–H and O–H groups in total. The molecule has 1 fully saturated rings. The lowest BCUT2D eigenvalue weighted by Gasteiger charge is -2.35. The van der Waals surface area contributed by atoms with E-state index in [-0.39, 0.29) is 18.2 Å². The number of carbonyl (C=O) groups excluding carboxylic acids is 1. The third-order valence-corrected chi connectivity index (χ3v) is 4.69. The molecule has 7 heteroatoms. The summed E-state index contributed by atoms with van der Waals surface area (Å²) in [7, 11) is 0. The summed E-state index contributed by atoms with van der Waals surface area (Å²) < 4.78 is 10.9. The monoisotopic (exact) mass is 358 g/mol. The Morgan fingerprint density at radius 1 is 1.38 bits per heavy atom. The van der Waals surface area contributed by atoms with E-state index in [1.54, 1.807) is 6.92 Å². The first-order chi connectivity index (χ1) is 12.6. The Kier molecular flexibility index (Phi) is 5.88. The molecule has 1 aliphatic heterocycles. The Morgan fingerprint density at radius 2 is 2.15 bits per heavy atom. The predicted molar refractivity (Wildman–Crippen MR) is 97.6 cm³/mol. The number of nitrogens with one attached hydrogen (secondary N) is 1.